The minimum absolute atomic E-state index is 0.00254. The van der Waals surface area contributed by atoms with Crippen LogP contribution in [0.1, 0.15) is 32.1 Å². The molecule has 0 aliphatic carbocycles. The number of para-hydroxylation sites is 2. The van der Waals surface area contributed by atoms with Gasteiger partial charge >= 0.3 is 0 Å². The van der Waals surface area contributed by atoms with E-state index in [2.05, 4.69) is 4.98 Å². The molecule has 0 atom stereocenters. The SMILES string of the molecule is COc1ccccc1C(=O)c1[nH]c(Cl)c(Cl)c1-n1c(C(=O)c2ccccc2OC)cc(Cl)c1Cl. The lowest BCUT2D eigenvalue weighted by Gasteiger charge is -2.14. The van der Waals surface area contributed by atoms with Crippen molar-refractivity contribution in [3.05, 3.63) is 97.5 Å². The van der Waals surface area contributed by atoms with E-state index in [1.807, 2.05) is 0 Å². The molecule has 4 rings (SSSR count). The van der Waals surface area contributed by atoms with Gasteiger partial charge < -0.3 is 14.5 Å². The molecule has 174 valence electrons. The number of nitrogens with zero attached hydrogens (tertiary/aromatic N) is 1. The van der Waals surface area contributed by atoms with Gasteiger partial charge in [0.15, 0.2) is 0 Å². The highest BCUT2D eigenvalue weighted by molar-refractivity contribution is 6.45. The Morgan fingerprint density at radius 1 is 0.824 bits per heavy atom. The summed E-state index contributed by atoms with van der Waals surface area (Å²) >= 11 is 25.6. The molecule has 0 amide bonds. The first-order valence-electron chi connectivity index (χ1n) is 9.79. The number of methoxy groups -OCH3 is 2. The van der Waals surface area contributed by atoms with Gasteiger partial charge in [0.2, 0.25) is 11.6 Å². The highest BCUT2D eigenvalue weighted by Gasteiger charge is 2.30. The Bertz CT molecular complexity index is 1320. The Morgan fingerprint density at radius 2 is 1.35 bits per heavy atom. The first-order chi connectivity index (χ1) is 16.3. The molecule has 34 heavy (non-hydrogen) atoms. The largest absolute Gasteiger partial charge is 0.496 e. The predicted octanol–water partition coefficient (Wildman–Crippen LogP) is 6.90. The van der Waals surface area contributed by atoms with Crippen LogP contribution in [0.25, 0.3) is 5.69 Å². The van der Waals surface area contributed by atoms with Crippen molar-refractivity contribution in [1.82, 2.24) is 9.55 Å². The monoisotopic (exact) mass is 536 g/mol. The Morgan fingerprint density at radius 3 is 1.91 bits per heavy atom. The molecule has 4 aromatic rings. The van der Waals surface area contributed by atoms with Gasteiger partial charge in [-0.1, -0.05) is 70.7 Å². The van der Waals surface area contributed by atoms with Gasteiger partial charge in [-0.05, 0) is 30.3 Å². The second kappa shape index (κ2) is 9.76. The number of benzene rings is 2. The van der Waals surface area contributed by atoms with Crippen molar-refractivity contribution in [2.75, 3.05) is 14.2 Å². The molecule has 10 heteroatoms. The van der Waals surface area contributed by atoms with E-state index >= 15 is 0 Å². The predicted molar refractivity (Wildman–Crippen MR) is 133 cm³/mol. The van der Waals surface area contributed by atoms with Gasteiger partial charge in [-0.25, -0.2) is 0 Å². The highest BCUT2D eigenvalue weighted by atomic mass is 35.5. The van der Waals surface area contributed by atoms with Crippen LogP contribution in [0.15, 0.2) is 54.6 Å². The first kappa shape index (κ1) is 24.2. The number of halogens is 4. The van der Waals surface area contributed by atoms with Gasteiger partial charge in [-0.15, -0.1) is 0 Å². The van der Waals surface area contributed by atoms with E-state index in [4.69, 9.17) is 55.9 Å². The van der Waals surface area contributed by atoms with Gasteiger partial charge in [0, 0.05) is 0 Å². The Balaban J connectivity index is 1.95. The van der Waals surface area contributed by atoms with Gasteiger partial charge in [-0.3, -0.25) is 14.2 Å². The first-order valence-corrected chi connectivity index (χ1v) is 11.3. The quantitative estimate of drug-likeness (QED) is 0.260. The lowest BCUT2D eigenvalue weighted by Crippen LogP contribution is -2.14. The van der Waals surface area contributed by atoms with Crippen LogP contribution in [-0.4, -0.2) is 35.3 Å². The van der Waals surface area contributed by atoms with Gasteiger partial charge in [0.05, 0.1) is 41.8 Å². The van der Waals surface area contributed by atoms with Crippen molar-refractivity contribution < 1.29 is 19.1 Å². The number of hydrogen-bond acceptors (Lipinski definition) is 4. The fourth-order valence-electron chi connectivity index (χ4n) is 3.59. The van der Waals surface area contributed by atoms with Crippen molar-refractivity contribution in [3.8, 4) is 17.2 Å². The Hall–Kier alpha value is -2.90. The van der Waals surface area contributed by atoms with Gasteiger partial charge in [-0.2, -0.15) is 0 Å². The standard InChI is InChI=1S/C24H16Cl4N2O4/c1-33-16-9-5-3-7-12(16)21(31)15-11-14(25)24(28)30(15)20-18(26)23(27)29-19(20)22(32)13-8-4-6-10-17(13)34-2/h3-11,29H,1-2H3. The summed E-state index contributed by atoms with van der Waals surface area (Å²) < 4.78 is 11.9. The average Bonchev–Trinajstić information content (AvgIpc) is 3.32. The van der Waals surface area contributed by atoms with Crippen LogP contribution in [-0.2, 0) is 0 Å². The molecule has 6 nitrogen and oxygen atoms in total. The van der Waals surface area contributed by atoms with Crippen LogP contribution in [0, 0.1) is 0 Å². The van der Waals surface area contributed by atoms with Crippen LogP contribution in [0.2, 0.25) is 20.4 Å². The molecule has 0 unspecified atom stereocenters. The van der Waals surface area contributed by atoms with Crippen molar-refractivity contribution in [3.63, 3.8) is 0 Å². The smallest absolute Gasteiger partial charge is 0.215 e. The highest BCUT2D eigenvalue weighted by Crippen LogP contribution is 2.40. The molecular formula is C24H16Cl4N2O4. The summed E-state index contributed by atoms with van der Waals surface area (Å²) in [5.41, 5.74) is 0.673. The summed E-state index contributed by atoms with van der Waals surface area (Å²) in [6.45, 7) is 0. The second-order valence-corrected chi connectivity index (χ2v) is 8.56. The zero-order valence-electron chi connectivity index (χ0n) is 17.8. The van der Waals surface area contributed by atoms with E-state index in [0.717, 1.165) is 0 Å². The summed E-state index contributed by atoms with van der Waals surface area (Å²) in [6.07, 6.45) is 0. The van der Waals surface area contributed by atoms with Crippen LogP contribution >= 0.6 is 46.4 Å². The van der Waals surface area contributed by atoms with Gasteiger partial charge in [0.25, 0.3) is 0 Å². The second-order valence-electron chi connectivity index (χ2n) is 7.04. The maximum atomic E-state index is 13.5. The zero-order chi connectivity index (χ0) is 24.6. The Kier molecular flexibility index (Phi) is 6.96. The summed E-state index contributed by atoms with van der Waals surface area (Å²) in [6, 6.07) is 14.8. The molecule has 0 spiro atoms. The molecule has 0 saturated heterocycles. The molecule has 2 heterocycles. The summed E-state index contributed by atoms with van der Waals surface area (Å²) in [5.74, 6) is -0.216. The number of H-pyrrole nitrogens is 1. The fraction of sp³-hybridized carbons (Fsp3) is 0.0833. The molecule has 0 bridgehead atoms. The lowest BCUT2D eigenvalue weighted by atomic mass is 10.1. The molecule has 1 N–H and O–H groups in total. The molecular weight excluding hydrogens is 522 g/mol. The zero-order valence-corrected chi connectivity index (χ0v) is 20.8. The fourth-order valence-corrected chi connectivity index (χ4v) is 4.42. The summed E-state index contributed by atoms with van der Waals surface area (Å²) in [7, 11) is 2.91. The summed E-state index contributed by atoms with van der Waals surface area (Å²) in [5, 5.41) is 0.0465. The number of hydrogen-bond donors (Lipinski definition) is 1. The van der Waals surface area contributed by atoms with Gasteiger partial charge in [0.1, 0.15) is 32.5 Å². The Labute approximate surface area is 214 Å². The van der Waals surface area contributed by atoms with Crippen molar-refractivity contribution in [2.45, 2.75) is 0 Å². The summed E-state index contributed by atoms with van der Waals surface area (Å²) in [4.78, 5) is 29.9. The number of carbonyl (C=O) groups excluding carboxylic acids is 2. The molecule has 0 fully saturated rings. The maximum absolute atomic E-state index is 13.5. The molecule has 0 radical (unpaired) electrons. The van der Waals surface area contributed by atoms with E-state index in [0.29, 0.717) is 11.5 Å². The average molecular weight is 538 g/mol. The minimum atomic E-state index is -0.474. The minimum Gasteiger partial charge on any atom is -0.496 e. The molecule has 2 aromatic heterocycles. The van der Waals surface area contributed by atoms with Crippen molar-refractivity contribution >= 4 is 58.0 Å². The third kappa shape index (κ3) is 4.07. The number of rotatable bonds is 7. The third-order valence-corrected chi connectivity index (χ3v) is 6.66. The number of carbonyl (C=O) groups is 2. The molecule has 0 saturated carbocycles. The number of ether oxygens (including phenoxy) is 2. The maximum Gasteiger partial charge on any atom is 0.215 e. The van der Waals surface area contributed by atoms with E-state index in [1.54, 1.807) is 48.5 Å². The van der Waals surface area contributed by atoms with E-state index < -0.39 is 11.6 Å². The van der Waals surface area contributed by atoms with Crippen molar-refractivity contribution in [1.29, 1.82) is 0 Å². The van der Waals surface area contributed by atoms with E-state index in [-0.39, 0.29) is 48.6 Å². The third-order valence-electron chi connectivity index (χ3n) is 5.16. The van der Waals surface area contributed by atoms with Crippen LogP contribution in [0.5, 0.6) is 11.5 Å². The topological polar surface area (TPSA) is 73.3 Å². The number of aromatic nitrogens is 2. The molecule has 0 aliphatic heterocycles. The lowest BCUT2D eigenvalue weighted by molar-refractivity contribution is 0.101. The molecule has 0 aliphatic rings. The number of ketones is 2. The number of aromatic amines is 1. The van der Waals surface area contributed by atoms with E-state index in [1.165, 1.54) is 24.9 Å². The van der Waals surface area contributed by atoms with Crippen LogP contribution < -0.4 is 9.47 Å². The molecule has 2 aromatic carbocycles. The van der Waals surface area contributed by atoms with Crippen molar-refractivity contribution in [2.24, 2.45) is 0 Å². The normalized spacial score (nSPS) is 10.9. The van der Waals surface area contributed by atoms with E-state index in [9.17, 15) is 9.59 Å². The number of nitrogens with one attached hydrogen (secondary N) is 1. The van der Waals surface area contributed by atoms with Crippen LogP contribution in [0.4, 0.5) is 0 Å². The van der Waals surface area contributed by atoms with Crippen LogP contribution in [0.3, 0.4) is 0 Å².